The molecule has 1 aromatic heterocycles. The maximum atomic E-state index is 4.48. The summed E-state index contributed by atoms with van der Waals surface area (Å²) in [5.74, 6) is 0.970. The molecule has 2 heteroatoms. The van der Waals surface area contributed by atoms with Gasteiger partial charge in [-0.05, 0) is 61.1 Å². The van der Waals surface area contributed by atoms with Crippen molar-refractivity contribution < 1.29 is 0 Å². The summed E-state index contributed by atoms with van der Waals surface area (Å²) in [6.07, 6.45) is 6.44. The van der Waals surface area contributed by atoms with Crippen LogP contribution in [-0.2, 0) is 6.42 Å². The molecular weight excluding hydrogens is 280 g/mol. The third-order valence-electron chi connectivity index (χ3n) is 4.58. The van der Waals surface area contributed by atoms with Crippen molar-refractivity contribution in [2.75, 3.05) is 0 Å². The van der Waals surface area contributed by atoms with Crippen LogP contribution in [0.15, 0.2) is 36.4 Å². The lowest BCUT2D eigenvalue weighted by atomic mass is 9.96. The number of aromatic nitrogens is 2. The van der Waals surface area contributed by atoms with Crippen LogP contribution in [0.2, 0.25) is 0 Å². The van der Waals surface area contributed by atoms with Crippen LogP contribution >= 0.6 is 0 Å². The summed E-state index contributed by atoms with van der Waals surface area (Å²) in [7, 11) is 0. The van der Waals surface area contributed by atoms with Crippen molar-refractivity contribution in [3.63, 3.8) is 0 Å². The van der Waals surface area contributed by atoms with Crippen molar-refractivity contribution >= 4 is 11.0 Å². The number of fused-ring (bicyclic) bond motifs is 1. The number of hydrogen-bond donors (Lipinski definition) is 1. The lowest BCUT2D eigenvalue weighted by Crippen LogP contribution is -1.91. The SMILES string of the molecule is CCCCCCc1cc(-c2ccc3nc(C)[nH]c3c2)ccc1C. The molecule has 120 valence electrons. The molecule has 0 fully saturated rings. The zero-order valence-corrected chi connectivity index (χ0v) is 14.4. The van der Waals surface area contributed by atoms with Crippen LogP contribution in [0.1, 0.15) is 49.6 Å². The van der Waals surface area contributed by atoms with E-state index in [1.165, 1.54) is 54.4 Å². The highest BCUT2D eigenvalue weighted by atomic mass is 14.9. The molecular formula is C21H26N2. The van der Waals surface area contributed by atoms with Gasteiger partial charge in [0.05, 0.1) is 11.0 Å². The first-order chi connectivity index (χ1) is 11.2. The van der Waals surface area contributed by atoms with Gasteiger partial charge in [0.1, 0.15) is 5.82 Å². The molecule has 2 nitrogen and oxygen atoms in total. The topological polar surface area (TPSA) is 28.7 Å². The third kappa shape index (κ3) is 3.64. The molecule has 0 spiro atoms. The summed E-state index contributed by atoms with van der Waals surface area (Å²) in [5, 5.41) is 0. The van der Waals surface area contributed by atoms with Crippen molar-refractivity contribution in [2.24, 2.45) is 0 Å². The van der Waals surface area contributed by atoms with E-state index < -0.39 is 0 Å². The second kappa shape index (κ2) is 6.99. The predicted octanol–water partition coefficient (Wildman–Crippen LogP) is 5.97. The molecule has 23 heavy (non-hydrogen) atoms. The van der Waals surface area contributed by atoms with E-state index in [4.69, 9.17) is 0 Å². The van der Waals surface area contributed by atoms with Gasteiger partial charge in [0, 0.05) is 0 Å². The molecule has 0 aliphatic rings. The summed E-state index contributed by atoms with van der Waals surface area (Å²) in [6, 6.07) is 13.3. The monoisotopic (exact) mass is 306 g/mol. The van der Waals surface area contributed by atoms with Crippen LogP contribution < -0.4 is 0 Å². The van der Waals surface area contributed by atoms with Gasteiger partial charge in [-0.1, -0.05) is 50.5 Å². The van der Waals surface area contributed by atoms with E-state index in [0.29, 0.717) is 0 Å². The minimum atomic E-state index is 0.970. The second-order valence-corrected chi connectivity index (χ2v) is 6.51. The van der Waals surface area contributed by atoms with Crippen LogP contribution in [0.3, 0.4) is 0 Å². The summed E-state index contributed by atoms with van der Waals surface area (Å²) in [6.45, 7) is 6.49. The maximum Gasteiger partial charge on any atom is 0.104 e. The summed E-state index contributed by atoms with van der Waals surface area (Å²) in [5.41, 5.74) is 7.61. The Morgan fingerprint density at radius 1 is 0.913 bits per heavy atom. The molecule has 0 saturated carbocycles. The Morgan fingerprint density at radius 2 is 1.70 bits per heavy atom. The van der Waals surface area contributed by atoms with Gasteiger partial charge in [-0.2, -0.15) is 0 Å². The molecule has 1 N–H and O–H groups in total. The minimum Gasteiger partial charge on any atom is -0.342 e. The highest BCUT2D eigenvalue weighted by molar-refractivity contribution is 5.82. The highest BCUT2D eigenvalue weighted by Gasteiger charge is 2.06. The molecule has 0 atom stereocenters. The number of nitrogens with one attached hydrogen (secondary N) is 1. The Bertz CT molecular complexity index is 799. The zero-order valence-electron chi connectivity index (χ0n) is 14.4. The van der Waals surface area contributed by atoms with Crippen molar-refractivity contribution in [1.82, 2.24) is 9.97 Å². The highest BCUT2D eigenvalue weighted by Crippen LogP contribution is 2.26. The number of rotatable bonds is 6. The normalized spacial score (nSPS) is 11.3. The van der Waals surface area contributed by atoms with Crippen LogP contribution in [0, 0.1) is 13.8 Å². The van der Waals surface area contributed by atoms with Crippen molar-refractivity contribution in [2.45, 2.75) is 52.9 Å². The van der Waals surface area contributed by atoms with Gasteiger partial charge in [-0.25, -0.2) is 4.98 Å². The number of nitrogens with zero attached hydrogens (tertiary/aromatic N) is 1. The third-order valence-corrected chi connectivity index (χ3v) is 4.58. The number of unbranched alkanes of at least 4 members (excludes halogenated alkanes) is 3. The molecule has 2 aromatic carbocycles. The van der Waals surface area contributed by atoms with Crippen molar-refractivity contribution in [3.8, 4) is 11.1 Å². The largest absolute Gasteiger partial charge is 0.342 e. The number of imidazole rings is 1. The molecule has 0 amide bonds. The number of H-pyrrole nitrogens is 1. The molecule has 0 aliphatic carbocycles. The van der Waals surface area contributed by atoms with Crippen molar-refractivity contribution in [1.29, 1.82) is 0 Å². The second-order valence-electron chi connectivity index (χ2n) is 6.51. The quantitative estimate of drug-likeness (QED) is 0.558. The van der Waals surface area contributed by atoms with Gasteiger partial charge < -0.3 is 4.98 Å². The first-order valence-corrected chi connectivity index (χ1v) is 8.73. The van der Waals surface area contributed by atoms with E-state index in [0.717, 1.165) is 16.9 Å². The van der Waals surface area contributed by atoms with Crippen LogP contribution in [0.25, 0.3) is 22.2 Å². The number of benzene rings is 2. The fourth-order valence-corrected chi connectivity index (χ4v) is 3.18. The van der Waals surface area contributed by atoms with Crippen LogP contribution in [-0.4, -0.2) is 9.97 Å². The number of hydrogen-bond acceptors (Lipinski definition) is 1. The molecule has 0 saturated heterocycles. The molecule has 0 radical (unpaired) electrons. The van der Waals surface area contributed by atoms with E-state index in [9.17, 15) is 0 Å². The van der Waals surface area contributed by atoms with E-state index in [1.54, 1.807) is 0 Å². The van der Waals surface area contributed by atoms with Gasteiger partial charge in [-0.3, -0.25) is 0 Å². The molecule has 0 bridgehead atoms. The van der Waals surface area contributed by atoms with Gasteiger partial charge in [0.25, 0.3) is 0 Å². The fourth-order valence-electron chi connectivity index (χ4n) is 3.18. The average Bonchev–Trinajstić information content (AvgIpc) is 2.92. The maximum absolute atomic E-state index is 4.48. The lowest BCUT2D eigenvalue weighted by Gasteiger charge is -2.09. The first kappa shape index (κ1) is 15.8. The first-order valence-electron chi connectivity index (χ1n) is 8.73. The molecule has 3 rings (SSSR count). The number of aromatic amines is 1. The summed E-state index contributed by atoms with van der Waals surface area (Å²) < 4.78 is 0. The summed E-state index contributed by atoms with van der Waals surface area (Å²) >= 11 is 0. The van der Waals surface area contributed by atoms with Crippen LogP contribution in [0.4, 0.5) is 0 Å². The van der Waals surface area contributed by atoms with Gasteiger partial charge >= 0.3 is 0 Å². The Hall–Kier alpha value is -2.09. The predicted molar refractivity (Wildman–Crippen MR) is 98.8 cm³/mol. The standard InChI is InChI=1S/C21H26N2/c1-4-5-6-7-8-17-13-18(10-9-15(17)2)19-11-12-20-21(14-19)23-16(3)22-20/h9-14H,4-8H2,1-3H3,(H,22,23). The average molecular weight is 306 g/mol. The Morgan fingerprint density at radius 3 is 2.52 bits per heavy atom. The van der Waals surface area contributed by atoms with Crippen molar-refractivity contribution in [3.05, 3.63) is 53.3 Å². The molecule has 3 aromatic rings. The van der Waals surface area contributed by atoms with Gasteiger partial charge in [-0.15, -0.1) is 0 Å². The van der Waals surface area contributed by atoms with Gasteiger partial charge in [0.2, 0.25) is 0 Å². The smallest absolute Gasteiger partial charge is 0.104 e. The lowest BCUT2D eigenvalue weighted by molar-refractivity contribution is 0.666. The fraction of sp³-hybridized carbons (Fsp3) is 0.381. The van der Waals surface area contributed by atoms with E-state index in [-0.39, 0.29) is 0 Å². The Kier molecular flexibility index (Phi) is 4.80. The molecule has 1 heterocycles. The van der Waals surface area contributed by atoms with E-state index >= 15 is 0 Å². The van der Waals surface area contributed by atoms with E-state index in [1.807, 2.05) is 6.92 Å². The van der Waals surface area contributed by atoms with Gasteiger partial charge in [0.15, 0.2) is 0 Å². The summed E-state index contributed by atoms with van der Waals surface area (Å²) in [4.78, 5) is 7.81. The molecule has 0 unspecified atom stereocenters. The minimum absolute atomic E-state index is 0.970. The number of aryl methyl sites for hydroxylation is 3. The van der Waals surface area contributed by atoms with E-state index in [2.05, 4.69) is 60.2 Å². The Balaban J connectivity index is 1.85. The molecule has 0 aliphatic heterocycles. The zero-order chi connectivity index (χ0) is 16.2. The van der Waals surface area contributed by atoms with Crippen LogP contribution in [0.5, 0.6) is 0 Å². The Labute approximate surface area is 139 Å².